The van der Waals surface area contributed by atoms with Gasteiger partial charge < -0.3 is 4.74 Å². The highest BCUT2D eigenvalue weighted by Crippen LogP contribution is 2.34. The summed E-state index contributed by atoms with van der Waals surface area (Å²) >= 11 is 7.57. The number of aryl methyl sites for hydroxylation is 1. The molecule has 0 fully saturated rings. The van der Waals surface area contributed by atoms with E-state index in [4.69, 9.17) is 16.3 Å². The van der Waals surface area contributed by atoms with Crippen molar-refractivity contribution < 1.29 is 14.3 Å². The number of hydrogen-bond donors (Lipinski definition) is 2. The number of amides is 2. The summed E-state index contributed by atoms with van der Waals surface area (Å²) in [6.07, 6.45) is -0.260. The maximum Gasteiger partial charge on any atom is 0.281 e. The van der Waals surface area contributed by atoms with E-state index >= 15 is 0 Å². The van der Waals surface area contributed by atoms with E-state index in [-0.39, 0.29) is 0 Å². The number of hydrogen-bond acceptors (Lipinski definition) is 4. The topological polar surface area (TPSA) is 67.4 Å². The van der Waals surface area contributed by atoms with E-state index in [0.717, 1.165) is 15.6 Å². The number of halogens is 1. The molecular weight excluding hydrogens is 384 g/mol. The molecular formula is C20H19ClN2O3S. The fraction of sp³-hybridized carbons (Fsp3) is 0.200. The van der Waals surface area contributed by atoms with Crippen LogP contribution in [-0.2, 0) is 4.79 Å². The average Bonchev–Trinajstić information content (AvgIpc) is 3.02. The number of ether oxygens (including phenoxy) is 1. The van der Waals surface area contributed by atoms with Crippen molar-refractivity contribution in [3.05, 3.63) is 64.0 Å². The van der Waals surface area contributed by atoms with Crippen LogP contribution in [0.2, 0.25) is 5.02 Å². The molecule has 1 heterocycles. The molecule has 3 rings (SSSR count). The van der Waals surface area contributed by atoms with E-state index in [2.05, 4.69) is 10.9 Å². The van der Waals surface area contributed by atoms with Gasteiger partial charge in [-0.25, -0.2) is 0 Å². The Morgan fingerprint density at radius 3 is 2.52 bits per heavy atom. The zero-order valence-corrected chi connectivity index (χ0v) is 16.5. The van der Waals surface area contributed by atoms with Crippen LogP contribution in [0.25, 0.3) is 10.1 Å². The van der Waals surface area contributed by atoms with E-state index in [1.807, 2.05) is 56.3 Å². The number of hydrazine groups is 1. The lowest BCUT2D eigenvalue weighted by Crippen LogP contribution is -2.47. The van der Waals surface area contributed by atoms with Crippen molar-refractivity contribution in [1.82, 2.24) is 10.9 Å². The molecule has 0 spiro atoms. The Kier molecular flexibility index (Phi) is 5.98. The number of fused-ring (bicyclic) bond motifs is 1. The van der Waals surface area contributed by atoms with Gasteiger partial charge in [-0.3, -0.25) is 20.4 Å². The van der Waals surface area contributed by atoms with Gasteiger partial charge in [0.2, 0.25) is 0 Å². The van der Waals surface area contributed by atoms with E-state index in [9.17, 15) is 9.59 Å². The molecule has 2 amide bonds. The highest BCUT2D eigenvalue weighted by Gasteiger charge is 2.22. The van der Waals surface area contributed by atoms with Gasteiger partial charge in [-0.1, -0.05) is 54.9 Å². The molecule has 7 heteroatoms. The summed E-state index contributed by atoms with van der Waals surface area (Å²) in [6.45, 7) is 3.75. The van der Waals surface area contributed by atoms with Gasteiger partial charge >= 0.3 is 0 Å². The number of rotatable bonds is 5. The van der Waals surface area contributed by atoms with Gasteiger partial charge in [-0.05, 0) is 31.0 Å². The first-order chi connectivity index (χ1) is 13.0. The van der Waals surface area contributed by atoms with Gasteiger partial charge in [0.05, 0.1) is 5.02 Å². The van der Waals surface area contributed by atoms with Crippen LogP contribution < -0.4 is 15.6 Å². The minimum Gasteiger partial charge on any atom is -0.480 e. The Morgan fingerprint density at radius 1 is 1.11 bits per heavy atom. The zero-order valence-electron chi connectivity index (χ0n) is 14.9. The fourth-order valence-electron chi connectivity index (χ4n) is 2.58. The van der Waals surface area contributed by atoms with Crippen LogP contribution in [0.1, 0.15) is 28.6 Å². The van der Waals surface area contributed by atoms with Crippen LogP contribution in [-0.4, -0.2) is 17.9 Å². The van der Waals surface area contributed by atoms with Crippen molar-refractivity contribution in [3.8, 4) is 5.75 Å². The van der Waals surface area contributed by atoms with Gasteiger partial charge in [0.25, 0.3) is 11.8 Å². The van der Waals surface area contributed by atoms with Crippen molar-refractivity contribution in [2.75, 3.05) is 0 Å². The van der Waals surface area contributed by atoms with Crippen molar-refractivity contribution in [2.24, 2.45) is 0 Å². The second kappa shape index (κ2) is 8.41. The molecule has 0 radical (unpaired) electrons. The first kappa shape index (κ1) is 19.2. The smallest absolute Gasteiger partial charge is 0.281 e. The molecule has 5 nitrogen and oxygen atoms in total. The van der Waals surface area contributed by atoms with Crippen molar-refractivity contribution >= 4 is 44.8 Å². The van der Waals surface area contributed by atoms with Gasteiger partial charge in [-0.2, -0.15) is 0 Å². The van der Waals surface area contributed by atoms with Crippen molar-refractivity contribution in [1.29, 1.82) is 0 Å². The fourth-order valence-corrected chi connectivity index (χ4v) is 3.99. The van der Waals surface area contributed by atoms with E-state index in [1.54, 1.807) is 6.07 Å². The number of carbonyl (C=O) groups is 2. The number of nitrogens with one attached hydrogen (secondary N) is 2. The van der Waals surface area contributed by atoms with Gasteiger partial charge in [-0.15, -0.1) is 11.3 Å². The molecule has 0 saturated heterocycles. The predicted octanol–water partition coefficient (Wildman–Crippen LogP) is 4.48. The van der Waals surface area contributed by atoms with Crippen molar-refractivity contribution in [3.63, 3.8) is 0 Å². The third-order valence-electron chi connectivity index (χ3n) is 4.07. The molecule has 1 aromatic heterocycles. The van der Waals surface area contributed by atoms with Crippen molar-refractivity contribution in [2.45, 2.75) is 26.4 Å². The lowest BCUT2D eigenvalue weighted by atomic mass is 10.2. The minimum atomic E-state index is -0.718. The highest BCUT2D eigenvalue weighted by molar-refractivity contribution is 7.21. The van der Waals surface area contributed by atoms with Crippen LogP contribution in [0.4, 0.5) is 0 Å². The molecule has 0 aliphatic heterocycles. The number of carbonyl (C=O) groups excluding carboxylic acids is 2. The van der Waals surface area contributed by atoms with Gasteiger partial charge in [0, 0.05) is 10.1 Å². The molecule has 0 aliphatic rings. The maximum atomic E-state index is 12.4. The molecule has 2 aromatic carbocycles. The van der Waals surface area contributed by atoms with Crippen LogP contribution >= 0.6 is 22.9 Å². The van der Waals surface area contributed by atoms with E-state index in [1.165, 1.54) is 11.3 Å². The lowest BCUT2D eigenvalue weighted by Gasteiger charge is -2.18. The van der Waals surface area contributed by atoms with E-state index in [0.29, 0.717) is 22.1 Å². The molecule has 1 atom stereocenters. The predicted molar refractivity (Wildman–Crippen MR) is 108 cm³/mol. The Bertz CT molecular complexity index is 986. The average molecular weight is 403 g/mol. The SMILES string of the molecule is CCC(Oc1ccccc1C)C(=O)NNC(=O)c1sc2ccccc2c1Cl. The quantitative estimate of drug-likeness (QED) is 0.618. The van der Waals surface area contributed by atoms with E-state index < -0.39 is 17.9 Å². The summed E-state index contributed by atoms with van der Waals surface area (Å²) in [6, 6.07) is 15.0. The zero-order chi connectivity index (χ0) is 19.4. The number of para-hydroxylation sites is 1. The Hall–Kier alpha value is -2.57. The lowest BCUT2D eigenvalue weighted by molar-refractivity contribution is -0.128. The molecule has 140 valence electrons. The van der Waals surface area contributed by atoms with Crippen LogP contribution in [0.3, 0.4) is 0 Å². The van der Waals surface area contributed by atoms with Crippen LogP contribution in [0.15, 0.2) is 48.5 Å². The standard InChI is InChI=1S/C20H19ClN2O3S/c1-3-14(26-15-10-6-4-8-12(15)2)19(24)22-23-20(25)18-17(21)13-9-5-7-11-16(13)27-18/h4-11,14H,3H2,1-2H3,(H,22,24)(H,23,25). The van der Waals surface area contributed by atoms with Gasteiger partial charge in [0.1, 0.15) is 10.6 Å². The Morgan fingerprint density at radius 2 is 1.81 bits per heavy atom. The molecule has 27 heavy (non-hydrogen) atoms. The summed E-state index contributed by atoms with van der Waals surface area (Å²) < 4.78 is 6.69. The van der Waals surface area contributed by atoms with Crippen LogP contribution in [0.5, 0.6) is 5.75 Å². The largest absolute Gasteiger partial charge is 0.480 e. The summed E-state index contributed by atoms with van der Waals surface area (Å²) in [5.74, 6) is -0.245. The summed E-state index contributed by atoms with van der Waals surface area (Å²) in [5, 5.41) is 1.19. The Labute approximate surface area is 166 Å². The normalized spacial score (nSPS) is 11.8. The highest BCUT2D eigenvalue weighted by atomic mass is 35.5. The monoisotopic (exact) mass is 402 g/mol. The molecule has 0 bridgehead atoms. The summed E-state index contributed by atoms with van der Waals surface area (Å²) in [7, 11) is 0. The van der Waals surface area contributed by atoms with Crippen LogP contribution in [0, 0.1) is 6.92 Å². The second-order valence-corrected chi connectivity index (χ2v) is 7.40. The molecule has 1 unspecified atom stereocenters. The molecule has 2 N–H and O–H groups in total. The maximum absolute atomic E-state index is 12.4. The first-order valence-electron chi connectivity index (χ1n) is 8.50. The summed E-state index contributed by atoms with van der Waals surface area (Å²) in [5.41, 5.74) is 5.79. The first-order valence-corrected chi connectivity index (χ1v) is 9.70. The van der Waals surface area contributed by atoms with Gasteiger partial charge in [0.15, 0.2) is 6.10 Å². The third-order valence-corrected chi connectivity index (χ3v) is 5.74. The summed E-state index contributed by atoms with van der Waals surface area (Å²) in [4.78, 5) is 25.2. The molecule has 0 saturated carbocycles. The minimum absolute atomic E-state index is 0.353. The third kappa shape index (κ3) is 4.23. The number of thiophene rings is 1. The molecule has 0 aliphatic carbocycles. The Balaban J connectivity index is 1.65. The molecule has 3 aromatic rings. The number of benzene rings is 2. The second-order valence-electron chi connectivity index (χ2n) is 5.96.